The highest BCUT2D eigenvalue weighted by molar-refractivity contribution is 5.62. The molecule has 1 rings (SSSR count). The van der Waals surface area contributed by atoms with Crippen molar-refractivity contribution in [1.29, 1.82) is 0 Å². The molecule has 2 nitrogen and oxygen atoms in total. The summed E-state index contributed by atoms with van der Waals surface area (Å²) >= 11 is 0. The SMILES string of the molecule is CC(C)O/N=[C]/C1CC1. The van der Waals surface area contributed by atoms with Gasteiger partial charge in [0.15, 0.2) is 0 Å². The number of hydrogen-bond donors (Lipinski definition) is 0. The fourth-order valence-corrected chi connectivity index (χ4v) is 0.423. The van der Waals surface area contributed by atoms with Crippen LogP contribution in [0.3, 0.4) is 0 Å². The van der Waals surface area contributed by atoms with Crippen molar-refractivity contribution in [3.8, 4) is 0 Å². The average Bonchev–Trinajstić information content (AvgIpc) is 2.48. The van der Waals surface area contributed by atoms with Gasteiger partial charge in [-0.3, -0.25) is 0 Å². The molecule has 9 heavy (non-hydrogen) atoms. The number of nitrogens with zero attached hydrogens (tertiary/aromatic N) is 1. The van der Waals surface area contributed by atoms with Crippen molar-refractivity contribution in [2.75, 3.05) is 0 Å². The Labute approximate surface area is 55.9 Å². The monoisotopic (exact) mass is 126 g/mol. The highest BCUT2D eigenvalue weighted by Gasteiger charge is 2.19. The van der Waals surface area contributed by atoms with Gasteiger partial charge in [-0.25, -0.2) is 0 Å². The Bertz CT molecular complexity index is 105. The summed E-state index contributed by atoms with van der Waals surface area (Å²) in [6.07, 6.45) is 5.56. The first-order chi connectivity index (χ1) is 4.29. The third kappa shape index (κ3) is 3.12. The molecular weight excluding hydrogens is 114 g/mol. The molecule has 51 valence electrons. The summed E-state index contributed by atoms with van der Waals surface area (Å²) in [6, 6.07) is 0. The van der Waals surface area contributed by atoms with Crippen molar-refractivity contribution < 1.29 is 4.84 Å². The predicted molar refractivity (Wildman–Crippen MR) is 36.4 cm³/mol. The van der Waals surface area contributed by atoms with E-state index in [1.165, 1.54) is 12.8 Å². The molecule has 1 aliphatic rings. The summed E-state index contributed by atoms with van der Waals surface area (Å²) in [7, 11) is 0. The molecule has 1 saturated carbocycles. The Balaban J connectivity index is 2.01. The van der Waals surface area contributed by atoms with Gasteiger partial charge in [0.05, 0.1) is 0 Å². The van der Waals surface area contributed by atoms with Gasteiger partial charge in [-0.05, 0) is 26.7 Å². The Kier molecular flexibility index (Phi) is 2.09. The van der Waals surface area contributed by atoms with Crippen LogP contribution in [0.2, 0.25) is 0 Å². The topological polar surface area (TPSA) is 21.6 Å². The molecule has 0 aromatic carbocycles. The van der Waals surface area contributed by atoms with E-state index in [0.717, 1.165) is 0 Å². The Morgan fingerprint density at radius 1 is 1.56 bits per heavy atom. The number of rotatable bonds is 3. The largest absolute Gasteiger partial charge is 0.393 e. The van der Waals surface area contributed by atoms with Crippen LogP contribution in [0.1, 0.15) is 26.7 Å². The molecule has 1 radical (unpaired) electrons. The molecule has 0 aromatic heterocycles. The van der Waals surface area contributed by atoms with Crippen LogP contribution in [0.5, 0.6) is 0 Å². The van der Waals surface area contributed by atoms with Crippen LogP contribution >= 0.6 is 0 Å². The summed E-state index contributed by atoms with van der Waals surface area (Å²) < 4.78 is 0. The molecule has 2 heteroatoms. The highest BCUT2D eigenvalue weighted by atomic mass is 16.6. The van der Waals surface area contributed by atoms with Gasteiger partial charge in [0, 0.05) is 5.92 Å². The lowest BCUT2D eigenvalue weighted by molar-refractivity contribution is 0.0866. The smallest absolute Gasteiger partial charge is 0.122 e. The summed E-state index contributed by atoms with van der Waals surface area (Å²) in [5.74, 6) is 0.601. The molecule has 0 bridgehead atoms. The van der Waals surface area contributed by atoms with Crippen LogP contribution in [0.15, 0.2) is 5.16 Å². The molecule has 0 saturated heterocycles. The highest BCUT2D eigenvalue weighted by Crippen LogP contribution is 2.26. The standard InChI is InChI=1S/C7H12NO/c1-6(2)9-8-5-7-3-4-7/h6-7H,3-4H2,1-2H3. The lowest BCUT2D eigenvalue weighted by atomic mass is 10.5. The van der Waals surface area contributed by atoms with Gasteiger partial charge in [-0.15, -0.1) is 0 Å². The lowest BCUT2D eigenvalue weighted by Gasteiger charge is -1.98. The quantitative estimate of drug-likeness (QED) is 0.416. The third-order valence-electron chi connectivity index (χ3n) is 1.08. The van der Waals surface area contributed by atoms with E-state index in [9.17, 15) is 0 Å². The van der Waals surface area contributed by atoms with Crippen molar-refractivity contribution >= 4 is 6.21 Å². The van der Waals surface area contributed by atoms with E-state index in [1.807, 2.05) is 13.8 Å². The molecule has 0 N–H and O–H groups in total. The fourth-order valence-electron chi connectivity index (χ4n) is 0.423. The minimum Gasteiger partial charge on any atom is -0.393 e. The van der Waals surface area contributed by atoms with E-state index in [1.54, 1.807) is 0 Å². The first-order valence-corrected chi connectivity index (χ1v) is 3.40. The minimum absolute atomic E-state index is 0.191. The second-order valence-corrected chi connectivity index (χ2v) is 2.65. The van der Waals surface area contributed by atoms with E-state index >= 15 is 0 Å². The van der Waals surface area contributed by atoms with Crippen LogP contribution in [0.25, 0.3) is 0 Å². The Morgan fingerprint density at radius 3 is 2.67 bits per heavy atom. The molecular formula is C7H12NO. The minimum atomic E-state index is 0.191. The van der Waals surface area contributed by atoms with Gasteiger partial charge in [0.25, 0.3) is 0 Å². The van der Waals surface area contributed by atoms with Crippen molar-refractivity contribution in [3.63, 3.8) is 0 Å². The number of hydrogen-bond acceptors (Lipinski definition) is 2. The van der Waals surface area contributed by atoms with E-state index in [-0.39, 0.29) is 6.10 Å². The maximum Gasteiger partial charge on any atom is 0.122 e. The molecule has 0 spiro atoms. The summed E-state index contributed by atoms with van der Waals surface area (Å²) in [4.78, 5) is 4.91. The maximum absolute atomic E-state index is 4.91. The molecule has 0 amide bonds. The predicted octanol–water partition coefficient (Wildman–Crippen LogP) is 1.68. The van der Waals surface area contributed by atoms with Crippen molar-refractivity contribution in [2.24, 2.45) is 11.1 Å². The zero-order valence-electron chi connectivity index (χ0n) is 5.92. The summed E-state index contributed by atoms with van der Waals surface area (Å²) in [5, 5.41) is 3.68. The maximum atomic E-state index is 4.91. The molecule has 0 unspecified atom stereocenters. The first kappa shape index (κ1) is 6.59. The normalized spacial score (nSPS) is 19.4. The molecule has 0 heterocycles. The van der Waals surface area contributed by atoms with E-state index < -0.39 is 0 Å². The van der Waals surface area contributed by atoms with Crippen molar-refractivity contribution in [3.05, 3.63) is 0 Å². The summed E-state index contributed by atoms with van der Waals surface area (Å²) in [5.41, 5.74) is 0. The van der Waals surface area contributed by atoms with Crippen molar-refractivity contribution in [1.82, 2.24) is 0 Å². The van der Waals surface area contributed by atoms with Gasteiger partial charge in [-0.1, -0.05) is 5.16 Å². The molecule has 0 aromatic rings. The summed E-state index contributed by atoms with van der Waals surface area (Å²) in [6.45, 7) is 3.91. The van der Waals surface area contributed by atoms with Gasteiger partial charge in [-0.2, -0.15) is 0 Å². The fraction of sp³-hybridized carbons (Fsp3) is 0.857. The van der Waals surface area contributed by atoms with Crippen LogP contribution in [-0.2, 0) is 4.84 Å². The molecule has 1 aliphatic carbocycles. The average molecular weight is 126 g/mol. The van der Waals surface area contributed by atoms with E-state index in [0.29, 0.717) is 5.92 Å². The third-order valence-corrected chi connectivity index (χ3v) is 1.08. The van der Waals surface area contributed by atoms with E-state index in [4.69, 9.17) is 4.84 Å². The van der Waals surface area contributed by atoms with Crippen LogP contribution in [0.4, 0.5) is 0 Å². The van der Waals surface area contributed by atoms with Crippen LogP contribution < -0.4 is 0 Å². The van der Waals surface area contributed by atoms with Gasteiger partial charge < -0.3 is 4.84 Å². The molecule has 1 fully saturated rings. The second kappa shape index (κ2) is 2.85. The van der Waals surface area contributed by atoms with Crippen LogP contribution in [-0.4, -0.2) is 12.3 Å². The van der Waals surface area contributed by atoms with Gasteiger partial charge >= 0.3 is 0 Å². The van der Waals surface area contributed by atoms with Gasteiger partial charge in [0.1, 0.15) is 12.3 Å². The lowest BCUT2D eigenvalue weighted by Crippen LogP contribution is -1.95. The molecule has 0 atom stereocenters. The van der Waals surface area contributed by atoms with E-state index in [2.05, 4.69) is 11.4 Å². The molecule has 0 aliphatic heterocycles. The Hall–Kier alpha value is -0.530. The van der Waals surface area contributed by atoms with Crippen molar-refractivity contribution in [2.45, 2.75) is 32.8 Å². The van der Waals surface area contributed by atoms with Crippen LogP contribution in [0, 0.1) is 5.92 Å². The van der Waals surface area contributed by atoms with Gasteiger partial charge in [0.2, 0.25) is 0 Å². The zero-order valence-corrected chi connectivity index (χ0v) is 5.92. The second-order valence-electron chi connectivity index (χ2n) is 2.65. The first-order valence-electron chi connectivity index (χ1n) is 3.40. The zero-order chi connectivity index (χ0) is 6.69. The Morgan fingerprint density at radius 2 is 2.22 bits per heavy atom.